The zero-order valence-electron chi connectivity index (χ0n) is 63.2. The lowest BCUT2D eigenvalue weighted by atomic mass is 9.94. The highest BCUT2D eigenvalue weighted by molar-refractivity contribution is 5.76. The molecular weight excluding hydrogens is 1390 g/mol. The fourth-order valence-electron chi connectivity index (χ4n) is 14.3. The Morgan fingerprint density at radius 3 is 1.13 bits per heavy atom. The van der Waals surface area contributed by atoms with Gasteiger partial charge in [0.1, 0.15) is 122 Å². The first-order valence-corrected chi connectivity index (χ1v) is 40.1. The van der Waals surface area contributed by atoms with E-state index < -0.39 is 211 Å². The highest BCUT2D eigenvalue weighted by Crippen LogP contribution is 2.37. The molecule has 620 valence electrons. The van der Waals surface area contributed by atoms with Gasteiger partial charge >= 0.3 is 0 Å². The van der Waals surface area contributed by atoms with Gasteiger partial charge in [-0.25, -0.2) is 0 Å². The van der Waals surface area contributed by atoms with Crippen LogP contribution in [0.5, 0.6) is 0 Å². The second-order valence-electron chi connectivity index (χ2n) is 29.6. The van der Waals surface area contributed by atoms with E-state index in [0.717, 1.165) is 58.3 Å². The van der Waals surface area contributed by atoms with Crippen molar-refractivity contribution in [3.05, 3.63) is 24.3 Å². The summed E-state index contributed by atoms with van der Waals surface area (Å²) in [4.78, 5) is 26.3. The van der Waals surface area contributed by atoms with Crippen LogP contribution >= 0.6 is 0 Å². The Labute approximate surface area is 627 Å². The summed E-state index contributed by atoms with van der Waals surface area (Å²) in [7, 11) is 0. The molecule has 18 N–H and O–H groups in total. The minimum absolute atomic E-state index is 0.190. The molecule has 5 saturated heterocycles. The number of hydrogen-bond donors (Lipinski definition) is 18. The third kappa shape index (κ3) is 31.4. The molecule has 0 radical (unpaired) electrons. The van der Waals surface area contributed by atoms with Crippen molar-refractivity contribution in [3.8, 4) is 0 Å². The number of aliphatic hydroxyl groups excluding tert-OH is 16. The normalized spacial score (nSPS) is 34.4. The summed E-state index contributed by atoms with van der Waals surface area (Å²) in [6, 6.07) is -2.82. The van der Waals surface area contributed by atoms with E-state index in [1.807, 2.05) is 6.08 Å². The highest BCUT2D eigenvalue weighted by Gasteiger charge is 2.57. The van der Waals surface area contributed by atoms with Crippen molar-refractivity contribution in [3.63, 3.8) is 0 Å². The predicted octanol–water partition coefficient (Wildman–Crippen LogP) is 2.50. The van der Waals surface area contributed by atoms with Crippen LogP contribution in [0.1, 0.15) is 239 Å². The molecule has 5 rings (SSSR count). The van der Waals surface area contributed by atoms with Gasteiger partial charge in [0.2, 0.25) is 11.8 Å². The fraction of sp³-hybridized carbons (Fsp3) is 0.921. The summed E-state index contributed by atoms with van der Waals surface area (Å²) in [5, 5.41) is 181. The van der Waals surface area contributed by atoms with Gasteiger partial charge in [0, 0.05) is 13.3 Å². The van der Waals surface area contributed by atoms with Crippen LogP contribution in [0.15, 0.2) is 24.3 Å². The molecule has 30 nitrogen and oxygen atoms in total. The molecule has 30 heteroatoms. The summed E-state index contributed by atoms with van der Waals surface area (Å²) < 4.78 is 58.4. The largest absolute Gasteiger partial charge is 0.394 e. The molecule has 0 aromatic rings. The number of carbonyl (C=O) groups excluding carboxylic acids is 2. The maximum absolute atomic E-state index is 13.5. The molecule has 0 aromatic heterocycles. The molecule has 2 amide bonds. The molecule has 5 fully saturated rings. The van der Waals surface area contributed by atoms with Crippen LogP contribution in [0, 0.1) is 0 Å². The van der Waals surface area contributed by atoms with Crippen LogP contribution in [0.3, 0.4) is 0 Å². The first-order chi connectivity index (χ1) is 51.2. The summed E-state index contributed by atoms with van der Waals surface area (Å²) in [5.74, 6) is -1.15. The van der Waals surface area contributed by atoms with E-state index >= 15 is 0 Å². The topological polar surface area (TPSA) is 474 Å². The van der Waals surface area contributed by atoms with Crippen LogP contribution in [0.2, 0.25) is 0 Å². The molecule has 5 aliphatic rings. The summed E-state index contributed by atoms with van der Waals surface area (Å²) in [5.41, 5.74) is 0. The van der Waals surface area contributed by atoms with Crippen molar-refractivity contribution in [1.82, 2.24) is 10.6 Å². The fourth-order valence-corrected chi connectivity index (χ4v) is 14.3. The molecule has 10 unspecified atom stereocenters. The zero-order chi connectivity index (χ0) is 77.3. The SMILES string of the molecule is CCCCCCCC/C=C\CCCCCCCCCCCCCCCC(=O)N[C@@H](CO[C@@H]1OC(CO)[C@@H](O[C@@H]2OC(CO)[C@H](O)[C@H](O[C@@H]3OC(CO)[C@@H](O[C@@H]4OC(CO)[C@H](O)[C@H](O[C@@H]5OC(CO)[C@H](O)[C@H](O)C5O)C4O)[C@H](O)C3NC(C)=O)C2O)[C@H](O)C1O)[C@H](O)/C=C/CCCCCCCCCCCCC. The average Bonchev–Trinajstić information content (AvgIpc) is 0.785. The summed E-state index contributed by atoms with van der Waals surface area (Å²) in [6.07, 6.45) is 0.952. The smallest absolute Gasteiger partial charge is 0.220 e. The van der Waals surface area contributed by atoms with Gasteiger partial charge in [-0.15, -0.1) is 0 Å². The monoisotopic (exact) mass is 1530 g/mol. The van der Waals surface area contributed by atoms with E-state index in [1.165, 1.54) is 148 Å². The molecular formula is C76H138N2O28. The van der Waals surface area contributed by atoms with Gasteiger partial charge in [-0.2, -0.15) is 0 Å². The van der Waals surface area contributed by atoms with Gasteiger partial charge in [0.15, 0.2) is 31.5 Å². The van der Waals surface area contributed by atoms with Crippen molar-refractivity contribution in [2.24, 2.45) is 0 Å². The Balaban J connectivity index is 1.15. The molecule has 5 aliphatic heterocycles. The average molecular weight is 1530 g/mol. The van der Waals surface area contributed by atoms with E-state index in [1.54, 1.807) is 6.08 Å². The van der Waals surface area contributed by atoms with Crippen LogP contribution in [-0.2, 0) is 57.0 Å². The van der Waals surface area contributed by atoms with Crippen LogP contribution in [0.25, 0.3) is 0 Å². The zero-order valence-corrected chi connectivity index (χ0v) is 63.2. The number of amides is 2. The number of aliphatic hydroxyl groups is 16. The van der Waals surface area contributed by atoms with Crippen LogP contribution in [-0.4, -0.2) is 299 Å². The lowest BCUT2D eigenvalue weighted by Crippen LogP contribution is -2.70. The third-order valence-electron chi connectivity index (χ3n) is 20.9. The maximum atomic E-state index is 13.5. The van der Waals surface area contributed by atoms with Gasteiger partial charge in [0.05, 0.1) is 51.8 Å². The summed E-state index contributed by atoms with van der Waals surface area (Å²) in [6.45, 7) is 0.354. The highest BCUT2D eigenvalue weighted by atomic mass is 16.8. The van der Waals surface area contributed by atoms with Gasteiger partial charge in [-0.3, -0.25) is 9.59 Å². The Morgan fingerprint density at radius 2 is 0.708 bits per heavy atom. The number of allylic oxidation sites excluding steroid dienone is 3. The minimum atomic E-state index is -2.15. The van der Waals surface area contributed by atoms with Crippen molar-refractivity contribution in [2.45, 2.75) is 405 Å². The maximum Gasteiger partial charge on any atom is 0.220 e. The molecule has 5 heterocycles. The minimum Gasteiger partial charge on any atom is -0.394 e. The number of unbranched alkanes of at least 4 members (excludes halogenated alkanes) is 30. The first kappa shape index (κ1) is 94.0. The molecule has 0 spiro atoms. The van der Waals surface area contributed by atoms with Crippen LogP contribution < -0.4 is 10.6 Å². The molecule has 0 aliphatic carbocycles. The van der Waals surface area contributed by atoms with Crippen molar-refractivity contribution < 1.29 is 139 Å². The Morgan fingerprint density at radius 1 is 0.368 bits per heavy atom. The molecule has 0 aromatic carbocycles. The molecule has 27 atom stereocenters. The Bertz CT molecular complexity index is 2340. The van der Waals surface area contributed by atoms with Crippen molar-refractivity contribution in [2.75, 3.05) is 39.6 Å². The number of ether oxygens (including phenoxy) is 10. The van der Waals surface area contributed by atoms with Gasteiger partial charge in [-0.1, -0.05) is 205 Å². The number of hydrogen-bond acceptors (Lipinski definition) is 28. The molecule has 0 bridgehead atoms. The first-order valence-electron chi connectivity index (χ1n) is 40.1. The lowest BCUT2D eigenvalue weighted by Gasteiger charge is -2.50. The van der Waals surface area contributed by atoms with Crippen molar-refractivity contribution >= 4 is 11.8 Å². The van der Waals surface area contributed by atoms with E-state index in [9.17, 15) is 91.3 Å². The second-order valence-corrected chi connectivity index (χ2v) is 29.6. The Hall–Kier alpha value is -2.62. The Kier molecular flexibility index (Phi) is 47.3. The lowest BCUT2D eigenvalue weighted by molar-refractivity contribution is -0.387. The second kappa shape index (κ2) is 53.4. The van der Waals surface area contributed by atoms with E-state index in [-0.39, 0.29) is 12.3 Å². The van der Waals surface area contributed by atoms with Crippen LogP contribution in [0.4, 0.5) is 0 Å². The predicted molar refractivity (Wildman–Crippen MR) is 386 cm³/mol. The third-order valence-corrected chi connectivity index (χ3v) is 20.9. The number of rotatable bonds is 55. The quantitative estimate of drug-likeness (QED) is 0.0307. The van der Waals surface area contributed by atoms with Crippen molar-refractivity contribution in [1.29, 1.82) is 0 Å². The van der Waals surface area contributed by atoms with E-state index in [4.69, 9.17) is 47.4 Å². The standard InChI is InChI=1S/C76H138N2O28/c1-4-6-8-10-12-14-16-18-19-20-21-22-23-24-25-26-27-29-31-33-35-37-39-41-56(86)78-49(50(85)40-38-36-34-32-30-28-17-15-13-11-9-7-5-2)47-97-73-65(94)63(92)69(55(46-83)102-73)104-76-66(95)70(59(88)52(43-80)100-76)105-72-57(77-48(3)84)61(90)68(54(45-82)101-72)103-75-67(96)71(60(89)53(44-81)99-75)106-74-64(93)62(91)58(87)51(42-79)98-74/h18-19,38,40,49-55,57-76,79-83,85,87-96H,4-17,20-37,39,41-47H2,1-3H3,(H,77,84)(H,78,86)/b19-18-,40-38+/t49-,50+,51?,52?,53?,54?,55?,57?,58-,59-,60-,61+,62-,63+,64?,65?,66?,67?,68+,69+,70-,71-,72-,73+,74-,75-,76-/m0/s1. The van der Waals surface area contributed by atoms with Gasteiger partial charge in [-0.05, 0) is 44.9 Å². The van der Waals surface area contributed by atoms with E-state index in [0.29, 0.717) is 12.8 Å². The van der Waals surface area contributed by atoms with Gasteiger partial charge < -0.3 is 140 Å². The number of nitrogens with one attached hydrogen (secondary N) is 2. The molecule has 106 heavy (non-hydrogen) atoms. The van der Waals surface area contributed by atoms with Gasteiger partial charge in [0.25, 0.3) is 0 Å². The van der Waals surface area contributed by atoms with E-state index in [2.05, 4.69) is 36.6 Å². The molecule has 0 saturated carbocycles. The number of carbonyl (C=O) groups is 2. The summed E-state index contributed by atoms with van der Waals surface area (Å²) >= 11 is 0.